The first-order chi connectivity index (χ1) is 17.6. The Balaban J connectivity index is 1.70. The van der Waals surface area contributed by atoms with Gasteiger partial charge in [-0.1, -0.05) is 0 Å². The fraction of sp³-hybridized carbons (Fsp3) is 0.304. The Morgan fingerprint density at radius 1 is 1.05 bits per heavy atom. The van der Waals surface area contributed by atoms with Gasteiger partial charge >= 0.3 is 5.97 Å². The standard InChI is InChI=1S/C23H20O14/c1-32-9-3-2-7(4-8(9)24)18-20(36-23-17(29)15(27)16(28)21(37-23)22(30)31)14(26)12-10(35-18)5-11-19(13(12)25)34-6-33-11/h2-5,15-17,21,23-25,27-29H,6H2,1H3,(H,30,31)/t15-,16-,17+,21-,23+/m0/s1. The summed E-state index contributed by atoms with van der Waals surface area (Å²) in [4.78, 5) is 25.1. The van der Waals surface area contributed by atoms with E-state index < -0.39 is 59.0 Å². The van der Waals surface area contributed by atoms with Gasteiger partial charge in [-0.25, -0.2) is 4.79 Å². The summed E-state index contributed by atoms with van der Waals surface area (Å²) >= 11 is 0. The smallest absolute Gasteiger partial charge is 0.335 e. The highest BCUT2D eigenvalue weighted by molar-refractivity contribution is 5.91. The number of hydrogen-bond donors (Lipinski definition) is 6. The summed E-state index contributed by atoms with van der Waals surface area (Å²) < 4.78 is 32.0. The van der Waals surface area contributed by atoms with E-state index >= 15 is 0 Å². The molecular formula is C23H20O14. The average Bonchev–Trinajstić information content (AvgIpc) is 3.34. The number of rotatable bonds is 5. The molecular weight excluding hydrogens is 500 g/mol. The predicted octanol–water partition coefficient (Wildman–Crippen LogP) is -0.121. The molecule has 3 heterocycles. The monoisotopic (exact) mass is 520 g/mol. The Morgan fingerprint density at radius 3 is 2.49 bits per heavy atom. The lowest BCUT2D eigenvalue weighted by Crippen LogP contribution is -2.61. The van der Waals surface area contributed by atoms with Crippen LogP contribution in [0.3, 0.4) is 0 Å². The van der Waals surface area contributed by atoms with Crippen molar-refractivity contribution in [3.63, 3.8) is 0 Å². The maximum Gasteiger partial charge on any atom is 0.335 e. The molecule has 0 aliphatic carbocycles. The van der Waals surface area contributed by atoms with E-state index in [2.05, 4.69) is 0 Å². The van der Waals surface area contributed by atoms with Crippen LogP contribution >= 0.6 is 0 Å². The van der Waals surface area contributed by atoms with Gasteiger partial charge in [-0.3, -0.25) is 4.79 Å². The van der Waals surface area contributed by atoms with Crippen molar-refractivity contribution < 1.29 is 63.5 Å². The number of carbonyl (C=O) groups is 1. The highest BCUT2D eigenvalue weighted by Gasteiger charge is 2.48. The first-order valence-electron chi connectivity index (χ1n) is 10.7. The molecule has 2 aliphatic rings. The number of phenols is 2. The maximum atomic E-state index is 13.6. The Kier molecular flexibility index (Phi) is 5.95. The minimum Gasteiger partial charge on any atom is -0.504 e. The number of benzene rings is 2. The van der Waals surface area contributed by atoms with Gasteiger partial charge in [0.2, 0.25) is 30.0 Å². The molecule has 5 atom stereocenters. The van der Waals surface area contributed by atoms with Gasteiger partial charge in [0.1, 0.15) is 29.3 Å². The Morgan fingerprint density at radius 2 is 1.81 bits per heavy atom. The number of aliphatic hydroxyl groups excluding tert-OH is 3. The van der Waals surface area contributed by atoms with E-state index in [0.717, 1.165) is 0 Å². The lowest BCUT2D eigenvalue weighted by atomic mass is 9.99. The molecule has 37 heavy (non-hydrogen) atoms. The quantitative estimate of drug-likeness (QED) is 0.259. The van der Waals surface area contributed by atoms with Crippen LogP contribution in [0.4, 0.5) is 0 Å². The van der Waals surface area contributed by atoms with Crippen LogP contribution in [0, 0.1) is 0 Å². The van der Waals surface area contributed by atoms with Crippen molar-refractivity contribution in [3.05, 3.63) is 34.5 Å². The molecule has 0 bridgehead atoms. The molecule has 14 heteroatoms. The molecule has 0 radical (unpaired) electrons. The molecule has 1 aromatic heterocycles. The lowest BCUT2D eigenvalue weighted by Gasteiger charge is -2.38. The lowest BCUT2D eigenvalue weighted by molar-refractivity contribution is -0.271. The van der Waals surface area contributed by atoms with Crippen molar-refractivity contribution in [2.24, 2.45) is 0 Å². The number of carboxylic acid groups (broad SMARTS) is 1. The summed E-state index contributed by atoms with van der Waals surface area (Å²) in [6.45, 7) is -0.227. The topological polar surface area (TPSA) is 215 Å². The van der Waals surface area contributed by atoms with Gasteiger partial charge in [-0.2, -0.15) is 0 Å². The van der Waals surface area contributed by atoms with E-state index in [1.54, 1.807) is 0 Å². The van der Waals surface area contributed by atoms with Gasteiger partial charge < -0.3 is 58.7 Å². The molecule has 3 aromatic rings. The fourth-order valence-electron chi connectivity index (χ4n) is 4.07. The third kappa shape index (κ3) is 3.92. The van der Waals surface area contributed by atoms with Crippen LogP contribution < -0.4 is 24.4 Å². The van der Waals surface area contributed by atoms with E-state index in [0.29, 0.717) is 0 Å². The number of aromatic hydroxyl groups is 2. The van der Waals surface area contributed by atoms with E-state index in [4.69, 9.17) is 28.1 Å². The number of fused-ring (bicyclic) bond motifs is 2. The molecule has 0 unspecified atom stereocenters. The summed E-state index contributed by atoms with van der Waals surface area (Å²) in [5, 5.41) is 60.4. The van der Waals surface area contributed by atoms with E-state index in [9.17, 15) is 40.2 Å². The molecule has 2 aromatic carbocycles. The van der Waals surface area contributed by atoms with Crippen LogP contribution in [0.1, 0.15) is 0 Å². The molecule has 196 valence electrons. The van der Waals surface area contributed by atoms with Crippen molar-refractivity contribution in [2.75, 3.05) is 13.9 Å². The second-order valence-corrected chi connectivity index (χ2v) is 8.16. The summed E-state index contributed by atoms with van der Waals surface area (Å²) in [7, 11) is 1.32. The number of ether oxygens (including phenoxy) is 5. The van der Waals surface area contributed by atoms with Crippen LogP contribution in [0.2, 0.25) is 0 Å². The number of aliphatic carboxylic acids is 1. The van der Waals surface area contributed by atoms with Crippen molar-refractivity contribution >= 4 is 16.9 Å². The van der Waals surface area contributed by atoms with Crippen LogP contribution in [-0.2, 0) is 9.53 Å². The van der Waals surface area contributed by atoms with Crippen LogP contribution in [0.5, 0.6) is 34.5 Å². The van der Waals surface area contributed by atoms with Crippen molar-refractivity contribution in [3.8, 4) is 45.8 Å². The highest BCUT2D eigenvalue weighted by Crippen LogP contribution is 2.47. The van der Waals surface area contributed by atoms with Gasteiger partial charge in [0.15, 0.2) is 34.9 Å². The zero-order valence-electron chi connectivity index (χ0n) is 18.9. The van der Waals surface area contributed by atoms with Crippen molar-refractivity contribution in [2.45, 2.75) is 30.7 Å². The number of hydrogen-bond acceptors (Lipinski definition) is 13. The van der Waals surface area contributed by atoms with Crippen LogP contribution in [0.15, 0.2) is 33.5 Å². The fourth-order valence-corrected chi connectivity index (χ4v) is 4.07. The summed E-state index contributed by atoms with van der Waals surface area (Å²) in [6, 6.07) is 5.24. The molecule has 0 spiro atoms. The van der Waals surface area contributed by atoms with Gasteiger partial charge in [-0.05, 0) is 18.2 Å². The Labute approximate surface area is 206 Å². The number of aliphatic hydroxyl groups is 3. The number of methoxy groups -OCH3 is 1. The van der Waals surface area contributed by atoms with Crippen LogP contribution in [-0.4, -0.2) is 81.2 Å². The van der Waals surface area contributed by atoms with E-state index in [-0.39, 0.29) is 46.7 Å². The predicted molar refractivity (Wildman–Crippen MR) is 119 cm³/mol. The molecule has 5 rings (SSSR count). The van der Waals surface area contributed by atoms with Gasteiger partial charge in [0.25, 0.3) is 0 Å². The van der Waals surface area contributed by atoms with E-state index in [1.165, 1.54) is 31.4 Å². The average molecular weight is 520 g/mol. The SMILES string of the molecule is COc1ccc(-c2oc3cc4c(c(O)c3c(=O)c2O[C@@H]2O[C@H](C(=O)O)[C@@H](O)[C@H](O)[C@H]2O)OCO4)cc1O. The third-order valence-corrected chi connectivity index (χ3v) is 5.94. The first kappa shape index (κ1) is 24.5. The van der Waals surface area contributed by atoms with Gasteiger partial charge in [-0.15, -0.1) is 0 Å². The first-order valence-corrected chi connectivity index (χ1v) is 10.7. The molecule has 1 fully saturated rings. The largest absolute Gasteiger partial charge is 0.504 e. The van der Waals surface area contributed by atoms with Gasteiger partial charge in [0, 0.05) is 11.6 Å². The Bertz CT molecular complexity index is 1450. The summed E-state index contributed by atoms with van der Waals surface area (Å²) in [6.07, 6.45) is -9.98. The number of phenolic OH excluding ortho intramolecular Hbond substituents is 2. The second-order valence-electron chi connectivity index (χ2n) is 8.16. The maximum absolute atomic E-state index is 13.6. The van der Waals surface area contributed by atoms with E-state index in [1.807, 2.05) is 0 Å². The zero-order chi connectivity index (χ0) is 26.6. The number of carboxylic acids is 1. The van der Waals surface area contributed by atoms with Gasteiger partial charge in [0.05, 0.1) is 7.11 Å². The van der Waals surface area contributed by atoms with Crippen molar-refractivity contribution in [1.82, 2.24) is 0 Å². The summed E-state index contributed by atoms with van der Waals surface area (Å²) in [5.41, 5.74) is -1.08. The Hall–Kier alpha value is -4.24. The minimum atomic E-state index is -2.01. The van der Waals surface area contributed by atoms with Crippen LogP contribution in [0.25, 0.3) is 22.3 Å². The zero-order valence-corrected chi connectivity index (χ0v) is 18.9. The normalized spacial score (nSPS) is 24.7. The molecule has 6 N–H and O–H groups in total. The molecule has 0 saturated carbocycles. The van der Waals surface area contributed by atoms with Crippen molar-refractivity contribution in [1.29, 1.82) is 0 Å². The minimum absolute atomic E-state index is 0.0742. The second kappa shape index (κ2) is 9.01. The summed E-state index contributed by atoms with van der Waals surface area (Å²) in [5.74, 6) is -3.56. The molecule has 14 nitrogen and oxygen atoms in total. The molecule has 0 amide bonds. The highest BCUT2D eigenvalue weighted by atomic mass is 16.7. The molecule has 1 saturated heterocycles. The third-order valence-electron chi connectivity index (χ3n) is 5.94. The molecule has 2 aliphatic heterocycles.